The van der Waals surface area contributed by atoms with Crippen LogP contribution in [0.5, 0.6) is 0 Å². The van der Waals surface area contributed by atoms with Gasteiger partial charge in [0.15, 0.2) is 0 Å². The first kappa shape index (κ1) is 57.8. The Hall–Kier alpha value is -4.81. The zero-order valence-corrected chi connectivity index (χ0v) is 46.2. The molecule has 70 heavy (non-hydrogen) atoms. The Morgan fingerprint density at radius 2 is 0.971 bits per heavy atom. The fraction of sp³-hybridized carbons (Fsp3) is 0.473. The number of aromatic amines is 1. The summed E-state index contributed by atoms with van der Waals surface area (Å²) in [6.07, 6.45) is 3.02. The van der Waals surface area contributed by atoms with E-state index in [1.54, 1.807) is 23.6 Å². The van der Waals surface area contributed by atoms with Crippen molar-refractivity contribution in [1.82, 2.24) is 19.8 Å². The highest BCUT2D eigenvalue weighted by molar-refractivity contribution is 7.35. The Kier molecular flexibility index (Phi) is 20.7. The van der Waals surface area contributed by atoms with Crippen molar-refractivity contribution in [2.45, 2.75) is 117 Å². The number of carbonyl (C=O) groups excluding carboxylic acids is 2. The van der Waals surface area contributed by atoms with Gasteiger partial charge in [-0.25, -0.2) is 14.6 Å². The number of benzene rings is 4. The average Bonchev–Trinajstić information content (AvgIpc) is 3.86. The Morgan fingerprint density at radius 1 is 0.614 bits per heavy atom. The minimum Gasteiger partial charge on any atom is -0.444 e. The number of halogens is 1. The summed E-state index contributed by atoms with van der Waals surface area (Å²) < 4.78 is 17.4. The molecule has 0 radical (unpaired) electrons. The van der Waals surface area contributed by atoms with Gasteiger partial charge < -0.3 is 44.0 Å². The molecule has 0 bridgehead atoms. The molecule has 0 spiro atoms. The summed E-state index contributed by atoms with van der Waals surface area (Å²) in [5.74, 6) is -0.0387. The second-order valence-corrected chi connectivity index (χ2v) is 32.0. The molecular formula is C55H79ClN4O8Si2. The van der Waals surface area contributed by atoms with E-state index < -0.39 is 39.1 Å². The van der Waals surface area contributed by atoms with Crippen molar-refractivity contribution in [2.75, 3.05) is 39.4 Å². The Balaban J connectivity index is 0.000000235. The topological polar surface area (TPSA) is 158 Å². The Bertz CT molecular complexity index is 2180. The molecule has 1 aromatic heterocycles. The molecule has 2 aliphatic heterocycles. The van der Waals surface area contributed by atoms with Crippen molar-refractivity contribution in [2.24, 2.45) is 11.8 Å². The van der Waals surface area contributed by atoms with Gasteiger partial charge in [-0.3, -0.25) is 0 Å². The van der Waals surface area contributed by atoms with Crippen LogP contribution in [0.2, 0.25) is 10.1 Å². The summed E-state index contributed by atoms with van der Waals surface area (Å²) in [6.45, 7) is 26.3. The first-order chi connectivity index (χ1) is 32.7. The van der Waals surface area contributed by atoms with Crippen molar-refractivity contribution >= 4 is 59.7 Å². The van der Waals surface area contributed by atoms with E-state index in [4.69, 9.17) is 30.1 Å². The van der Waals surface area contributed by atoms with Crippen molar-refractivity contribution in [1.29, 1.82) is 0 Å². The van der Waals surface area contributed by atoms with Crippen LogP contribution in [0.15, 0.2) is 140 Å². The summed E-state index contributed by atoms with van der Waals surface area (Å²) in [5.41, 5.74) is -1.01. The van der Waals surface area contributed by atoms with Crippen LogP contribution in [0.25, 0.3) is 0 Å². The molecular weight excluding hydrogens is 936 g/mol. The second kappa shape index (κ2) is 25.0. The van der Waals surface area contributed by atoms with E-state index in [1.165, 1.54) is 25.6 Å². The van der Waals surface area contributed by atoms with Crippen molar-refractivity contribution in [3.8, 4) is 0 Å². The van der Waals surface area contributed by atoms with Gasteiger partial charge in [0.1, 0.15) is 11.2 Å². The summed E-state index contributed by atoms with van der Waals surface area (Å²) in [4.78, 5) is 33.3. The number of aromatic nitrogens is 2. The monoisotopic (exact) mass is 1010 g/mol. The second-order valence-electron chi connectivity index (χ2n) is 22.0. The number of imidazole rings is 1. The van der Waals surface area contributed by atoms with Crippen molar-refractivity contribution in [3.05, 3.63) is 140 Å². The Morgan fingerprint density at radius 3 is 1.24 bits per heavy atom. The molecule has 2 atom stereocenters. The van der Waals surface area contributed by atoms with Crippen LogP contribution < -0.4 is 20.7 Å². The third-order valence-electron chi connectivity index (χ3n) is 12.1. The standard InChI is InChI=1S/C26H37NO4Si.C16H19ClSi.C10H19NO4.C3H4N2/c1-25(2,3)31-24(29)27-17-20(18-27)23(28)19-30-32(26(4,5)6,21-13-9-7-10-14-21)22-15-11-8-12-16-22;1-16(2,3)18(17,14-10-6-4-7-11-14)15-12-8-5-9-13-15;1-10(2,3)15-9(14)11-4-7(5-11)8(13)6-12;1-2-5-3-4-1/h7-16,20,23,28H,17-19H2,1-6H3;4-13H,1-3H3;7-8,12-13H,4-6H2,1-3H3;1-3H,(H,4,5)/t23-;;8-;/m1.1./s1. The van der Waals surface area contributed by atoms with E-state index >= 15 is 0 Å². The molecule has 5 aromatic rings. The number of aliphatic hydroxyl groups excluding tert-OH is 3. The molecule has 15 heteroatoms. The van der Waals surface area contributed by atoms with Gasteiger partial charge in [0.05, 0.1) is 31.7 Å². The maximum Gasteiger partial charge on any atom is 0.410 e. The van der Waals surface area contributed by atoms with Gasteiger partial charge in [-0.2, -0.15) is 11.1 Å². The number of rotatable bonds is 10. The van der Waals surface area contributed by atoms with Crippen molar-refractivity contribution in [3.63, 3.8) is 0 Å². The number of hydrogen-bond acceptors (Lipinski definition) is 9. The summed E-state index contributed by atoms with van der Waals surface area (Å²) >= 11 is 7.21. The molecule has 0 unspecified atom stereocenters. The fourth-order valence-corrected chi connectivity index (χ4v) is 17.0. The number of likely N-dealkylation sites (tertiary alicyclic amines) is 2. The SMILES string of the molecule is CC(C)(C)OC(=O)N1CC([C@H](O)CO)C1.CC(C)(C)OC(=O)N1CC([C@H](O)CO[Si](c2ccccc2)(c2ccccc2)C(C)(C)C)C1.CC(C)(C)[Si](Cl)(c1ccccc1)c1ccccc1.c1c[nH]cn1. The smallest absolute Gasteiger partial charge is 0.410 e. The van der Waals surface area contributed by atoms with Crippen LogP contribution in [0, 0.1) is 11.8 Å². The maximum atomic E-state index is 12.2. The van der Waals surface area contributed by atoms with E-state index in [1.807, 2.05) is 65.8 Å². The predicted molar refractivity (Wildman–Crippen MR) is 287 cm³/mol. The van der Waals surface area contributed by atoms with Gasteiger partial charge in [0.25, 0.3) is 8.32 Å². The normalized spacial score (nSPS) is 15.5. The molecule has 0 saturated carbocycles. The molecule has 3 heterocycles. The first-order valence-electron chi connectivity index (χ1n) is 24.1. The zero-order chi connectivity index (χ0) is 52.0. The van der Waals surface area contributed by atoms with Crippen LogP contribution >= 0.6 is 11.1 Å². The minimum absolute atomic E-state index is 0.0132. The highest BCUT2D eigenvalue weighted by Crippen LogP contribution is 2.39. The largest absolute Gasteiger partial charge is 0.444 e. The molecule has 7 rings (SSSR count). The van der Waals surface area contributed by atoms with Gasteiger partial charge in [-0.15, -0.1) is 0 Å². The van der Waals surface area contributed by atoms with Gasteiger partial charge in [0, 0.05) is 50.4 Å². The highest BCUT2D eigenvalue weighted by atomic mass is 35.6. The van der Waals surface area contributed by atoms with Crippen LogP contribution in [0.3, 0.4) is 0 Å². The van der Waals surface area contributed by atoms with Crippen LogP contribution in [0.1, 0.15) is 83.1 Å². The number of nitrogens with zero attached hydrogens (tertiary/aromatic N) is 3. The third kappa shape index (κ3) is 15.8. The summed E-state index contributed by atoms with van der Waals surface area (Å²) in [7, 11) is -4.91. The van der Waals surface area contributed by atoms with Crippen LogP contribution in [-0.2, 0) is 13.9 Å². The Labute approximate surface area is 424 Å². The number of H-pyrrole nitrogens is 1. The fourth-order valence-electron chi connectivity index (χ4n) is 8.30. The van der Waals surface area contributed by atoms with E-state index in [9.17, 15) is 19.8 Å². The molecule has 2 fully saturated rings. The number of ether oxygens (including phenoxy) is 2. The van der Waals surface area contributed by atoms with E-state index in [-0.39, 0.29) is 47.3 Å². The number of carbonyl (C=O) groups is 2. The molecule has 2 aliphatic rings. The number of amides is 2. The van der Waals surface area contributed by atoms with Gasteiger partial charge >= 0.3 is 12.2 Å². The molecule has 4 N–H and O–H groups in total. The molecule has 0 aliphatic carbocycles. The lowest BCUT2D eigenvalue weighted by Gasteiger charge is -2.45. The molecule has 2 amide bonds. The quantitative estimate of drug-likeness (QED) is 0.0800. The van der Waals surface area contributed by atoms with E-state index in [2.05, 4.69) is 149 Å². The highest BCUT2D eigenvalue weighted by Gasteiger charge is 2.51. The molecule has 12 nitrogen and oxygen atoms in total. The van der Waals surface area contributed by atoms with Gasteiger partial charge in [0.2, 0.25) is 7.38 Å². The summed E-state index contributed by atoms with van der Waals surface area (Å²) in [5, 5.41) is 33.8. The number of hydrogen-bond donors (Lipinski definition) is 4. The first-order valence-corrected chi connectivity index (χ1v) is 29.1. The predicted octanol–water partition coefficient (Wildman–Crippen LogP) is 8.19. The summed E-state index contributed by atoms with van der Waals surface area (Å²) in [6, 6.07) is 41.9. The zero-order valence-electron chi connectivity index (χ0n) is 43.4. The van der Waals surface area contributed by atoms with Crippen molar-refractivity contribution < 1.29 is 38.8 Å². The van der Waals surface area contributed by atoms with Gasteiger partial charge in [-0.1, -0.05) is 163 Å². The third-order valence-corrected chi connectivity index (χ3v) is 24.4. The molecule has 4 aromatic carbocycles. The lowest BCUT2D eigenvalue weighted by molar-refractivity contribution is -0.0445. The molecule has 382 valence electrons. The molecule has 2 saturated heterocycles. The van der Waals surface area contributed by atoms with Crippen LogP contribution in [0.4, 0.5) is 9.59 Å². The average molecular weight is 1020 g/mol. The lowest BCUT2D eigenvalue weighted by Crippen LogP contribution is -2.67. The van der Waals surface area contributed by atoms with Crippen LogP contribution in [-0.4, -0.2) is 126 Å². The minimum atomic E-state index is -2.68. The van der Waals surface area contributed by atoms with Gasteiger partial charge in [-0.05, 0) is 72.4 Å². The van der Waals surface area contributed by atoms with E-state index in [0.29, 0.717) is 26.2 Å². The number of aliphatic hydroxyl groups is 3. The maximum absolute atomic E-state index is 12.2. The lowest BCUT2D eigenvalue weighted by atomic mass is 9.95. The number of nitrogens with one attached hydrogen (secondary N) is 1. The van der Waals surface area contributed by atoms with E-state index in [0.717, 1.165) is 0 Å².